The molecule has 0 unspecified atom stereocenters. The van der Waals surface area contributed by atoms with Crippen LogP contribution in [-0.4, -0.2) is 0 Å². The fraction of sp³-hybridized carbons (Fsp3) is 0.200. The first-order chi connectivity index (χ1) is 5.79. The molecule has 0 radical (unpaired) electrons. The maximum atomic E-state index is 3.26. The first-order valence-electron chi connectivity index (χ1n) is 3.65. The van der Waals surface area contributed by atoms with Gasteiger partial charge in [0.15, 0.2) is 0 Å². The maximum Gasteiger partial charge on any atom is 2.00 e. The molecule has 0 saturated heterocycles. The van der Waals surface area contributed by atoms with Crippen LogP contribution in [0.2, 0.25) is 0 Å². The Hall–Kier alpha value is 0.689. The molecule has 0 aromatic rings. The Labute approximate surface area is 112 Å². The molecule has 70 valence electrons. The molecule has 0 bridgehead atoms. The molecule has 0 amide bonds. The maximum absolute atomic E-state index is 3.26. The quantitative estimate of drug-likeness (QED) is 0.332. The first kappa shape index (κ1) is 13.7. The van der Waals surface area contributed by atoms with Crippen LogP contribution in [0.4, 0.5) is 0 Å². The van der Waals surface area contributed by atoms with E-state index in [1.54, 1.807) is 0 Å². The van der Waals surface area contributed by atoms with Crippen molar-refractivity contribution in [2.24, 2.45) is 0 Å². The molecule has 13 heavy (non-hydrogen) atoms. The summed E-state index contributed by atoms with van der Waals surface area (Å²) in [7, 11) is 0. The van der Waals surface area contributed by atoms with Gasteiger partial charge in [0.1, 0.15) is 0 Å². The Balaban J connectivity index is 0.000000206. The van der Waals surface area contributed by atoms with Crippen molar-refractivity contribution in [3.05, 3.63) is 44.5 Å². The summed E-state index contributed by atoms with van der Waals surface area (Å²) in [5, 5.41) is 0. The van der Waals surface area contributed by atoms with Crippen molar-refractivity contribution in [2.75, 3.05) is 0 Å². The molecule has 0 aromatic heterocycles. The van der Waals surface area contributed by atoms with Crippen molar-refractivity contribution in [2.45, 2.75) is 12.8 Å². The van der Waals surface area contributed by atoms with Gasteiger partial charge >= 0.3 is 17.1 Å². The summed E-state index contributed by atoms with van der Waals surface area (Å²) < 4.78 is 2.33. The summed E-state index contributed by atoms with van der Waals surface area (Å²) in [4.78, 5) is 0. The second kappa shape index (κ2) is 8.04. The van der Waals surface area contributed by atoms with Crippen LogP contribution in [-0.2, 0) is 17.1 Å². The van der Waals surface area contributed by atoms with Crippen molar-refractivity contribution in [3.8, 4) is 0 Å². The van der Waals surface area contributed by atoms with Gasteiger partial charge in [-0.3, -0.25) is 12.2 Å². The largest absolute Gasteiger partial charge is 2.00 e. The SMILES string of the molecule is BrC1=[C-]CC=C1.IC1=[C-]CC=C1.[Fe+2]. The number of hydrogen-bond donors (Lipinski definition) is 0. The second-order valence-corrected chi connectivity index (χ2v) is 4.28. The monoisotopic (exact) mass is 390 g/mol. The van der Waals surface area contributed by atoms with Crippen LogP contribution in [0, 0.1) is 12.2 Å². The van der Waals surface area contributed by atoms with Crippen LogP contribution in [0.1, 0.15) is 12.8 Å². The molecule has 3 heteroatoms. The Morgan fingerprint density at radius 2 is 1.77 bits per heavy atom. The minimum Gasteiger partial charge on any atom is -0.259 e. The van der Waals surface area contributed by atoms with Gasteiger partial charge in [-0.15, -0.1) is 12.8 Å². The summed E-state index contributed by atoms with van der Waals surface area (Å²) in [5.74, 6) is 0. The molecule has 2 aliphatic carbocycles. The molecule has 0 heterocycles. The van der Waals surface area contributed by atoms with E-state index in [-0.39, 0.29) is 17.1 Å². The number of rotatable bonds is 0. The van der Waals surface area contributed by atoms with E-state index < -0.39 is 0 Å². The van der Waals surface area contributed by atoms with Gasteiger partial charge in [-0.25, -0.2) is 12.2 Å². The molecule has 0 atom stereocenters. The summed E-state index contributed by atoms with van der Waals surface area (Å²) in [6, 6.07) is 0. The molecular formula is C10H8BrFeI. The predicted molar refractivity (Wildman–Crippen MR) is 64.0 cm³/mol. The standard InChI is InChI=1S/C5H4Br.C5H4I.Fe/c2*6-5-3-1-2-4-5;/h2*1,3H,2H2;/q2*-1;+2. The Bertz CT molecular complexity index is 231. The summed E-state index contributed by atoms with van der Waals surface area (Å²) in [5.41, 5.74) is 0. The van der Waals surface area contributed by atoms with Crippen molar-refractivity contribution in [1.82, 2.24) is 0 Å². The third kappa shape index (κ3) is 6.72. The van der Waals surface area contributed by atoms with Crippen LogP contribution in [0.3, 0.4) is 0 Å². The van der Waals surface area contributed by atoms with Gasteiger partial charge in [0, 0.05) is 0 Å². The molecular weight excluding hydrogens is 383 g/mol. The molecule has 2 rings (SSSR count). The Kier molecular flexibility index (Phi) is 8.46. The minimum atomic E-state index is 0. The normalized spacial score (nSPS) is 17.1. The number of hydrogen-bond acceptors (Lipinski definition) is 0. The Morgan fingerprint density at radius 1 is 1.15 bits per heavy atom. The van der Waals surface area contributed by atoms with Crippen molar-refractivity contribution >= 4 is 38.5 Å². The topological polar surface area (TPSA) is 0 Å². The molecule has 2 aliphatic rings. The smallest absolute Gasteiger partial charge is 0.259 e. The fourth-order valence-electron chi connectivity index (χ4n) is 0.755. The molecule has 0 saturated carbocycles. The molecule has 0 fully saturated rings. The summed E-state index contributed by atoms with van der Waals surface area (Å²) >= 11 is 5.51. The zero-order valence-corrected chi connectivity index (χ0v) is 11.7. The van der Waals surface area contributed by atoms with Crippen LogP contribution < -0.4 is 0 Å². The molecule has 0 aliphatic heterocycles. The predicted octanol–water partition coefficient (Wildman–Crippen LogP) is 4.09. The third-order valence-corrected chi connectivity index (χ3v) is 2.59. The van der Waals surface area contributed by atoms with E-state index in [2.05, 4.69) is 68.9 Å². The average molecular weight is 391 g/mol. The molecule has 0 spiro atoms. The molecule has 0 nitrogen and oxygen atoms in total. The zero-order chi connectivity index (χ0) is 8.81. The van der Waals surface area contributed by atoms with E-state index in [9.17, 15) is 0 Å². The van der Waals surface area contributed by atoms with Gasteiger partial charge in [-0.05, 0) is 0 Å². The van der Waals surface area contributed by atoms with E-state index >= 15 is 0 Å². The van der Waals surface area contributed by atoms with Gasteiger partial charge in [0.25, 0.3) is 0 Å². The second-order valence-electron chi connectivity index (χ2n) is 2.26. The Morgan fingerprint density at radius 3 is 1.92 bits per heavy atom. The molecule has 0 aromatic carbocycles. The van der Waals surface area contributed by atoms with E-state index in [1.807, 2.05) is 6.08 Å². The number of halogens is 2. The van der Waals surface area contributed by atoms with Gasteiger partial charge in [0.2, 0.25) is 0 Å². The number of allylic oxidation sites excluding steroid dienone is 8. The van der Waals surface area contributed by atoms with Crippen molar-refractivity contribution in [3.63, 3.8) is 0 Å². The third-order valence-electron chi connectivity index (χ3n) is 1.31. The van der Waals surface area contributed by atoms with E-state index in [1.165, 1.54) is 3.58 Å². The average Bonchev–Trinajstić information content (AvgIpc) is 2.63. The van der Waals surface area contributed by atoms with Gasteiger partial charge in [-0.2, -0.15) is 20.2 Å². The first-order valence-corrected chi connectivity index (χ1v) is 5.52. The minimum absolute atomic E-state index is 0. The van der Waals surface area contributed by atoms with Gasteiger partial charge in [0.05, 0.1) is 0 Å². The van der Waals surface area contributed by atoms with Gasteiger partial charge in [-0.1, -0.05) is 38.5 Å². The zero-order valence-electron chi connectivity index (χ0n) is 6.83. The van der Waals surface area contributed by atoms with E-state index in [0.717, 1.165) is 17.3 Å². The van der Waals surface area contributed by atoms with E-state index in [4.69, 9.17) is 0 Å². The van der Waals surface area contributed by atoms with Gasteiger partial charge < -0.3 is 0 Å². The van der Waals surface area contributed by atoms with Crippen LogP contribution >= 0.6 is 38.5 Å². The summed E-state index contributed by atoms with van der Waals surface area (Å²) in [6.07, 6.45) is 16.4. The van der Waals surface area contributed by atoms with Crippen LogP contribution in [0.25, 0.3) is 0 Å². The van der Waals surface area contributed by atoms with Crippen LogP contribution in [0.5, 0.6) is 0 Å². The summed E-state index contributed by atoms with van der Waals surface area (Å²) in [6.45, 7) is 0. The van der Waals surface area contributed by atoms with Crippen molar-refractivity contribution in [1.29, 1.82) is 0 Å². The molecule has 0 N–H and O–H groups in total. The van der Waals surface area contributed by atoms with Crippen LogP contribution in [0.15, 0.2) is 32.4 Å². The van der Waals surface area contributed by atoms with E-state index in [0.29, 0.717) is 0 Å². The van der Waals surface area contributed by atoms with Crippen molar-refractivity contribution < 1.29 is 17.1 Å². The fourth-order valence-corrected chi connectivity index (χ4v) is 1.58.